The molecule has 0 bridgehead atoms. The van der Waals surface area contributed by atoms with Crippen molar-refractivity contribution in [2.75, 3.05) is 13.2 Å². The molecule has 0 amide bonds. The lowest BCUT2D eigenvalue weighted by molar-refractivity contribution is 0.244. The van der Waals surface area contributed by atoms with E-state index in [1.54, 1.807) is 0 Å². The van der Waals surface area contributed by atoms with Crippen LogP contribution in [0.15, 0.2) is 0 Å². The summed E-state index contributed by atoms with van der Waals surface area (Å²) in [6.07, 6.45) is 2.55. The molecular formula is C14H32N2. The molecule has 0 aliphatic carbocycles. The third kappa shape index (κ3) is 6.49. The molecule has 0 heterocycles. The molecule has 98 valence electrons. The maximum atomic E-state index is 3.66. The average molecular weight is 228 g/mol. The Morgan fingerprint density at radius 2 is 1.62 bits per heavy atom. The lowest BCUT2D eigenvalue weighted by Crippen LogP contribution is -2.43. The van der Waals surface area contributed by atoms with Gasteiger partial charge in [0, 0.05) is 12.7 Å². The van der Waals surface area contributed by atoms with Crippen LogP contribution < -0.4 is 10.6 Å². The molecular weight excluding hydrogens is 196 g/mol. The Kier molecular flexibility index (Phi) is 8.96. The molecule has 0 rings (SSSR count). The number of hydrogen-bond donors (Lipinski definition) is 2. The number of rotatable bonds is 9. The van der Waals surface area contributed by atoms with E-state index < -0.39 is 0 Å². The Bertz CT molecular complexity index is 157. The van der Waals surface area contributed by atoms with Crippen LogP contribution in [-0.2, 0) is 0 Å². The fourth-order valence-electron chi connectivity index (χ4n) is 2.09. The molecule has 0 aliphatic heterocycles. The Morgan fingerprint density at radius 1 is 1.00 bits per heavy atom. The Labute approximate surface area is 103 Å². The highest BCUT2D eigenvalue weighted by Crippen LogP contribution is 2.22. The van der Waals surface area contributed by atoms with Crippen molar-refractivity contribution in [1.82, 2.24) is 10.6 Å². The molecule has 0 fully saturated rings. The molecule has 2 heteroatoms. The van der Waals surface area contributed by atoms with Crippen LogP contribution in [-0.4, -0.2) is 19.3 Å². The van der Waals surface area contributed by atoms with Crippen LogP contribution in [0.5, 0.6) is 0 Å². The van der Waals surface area contributed by atoms with E-state index in [-0.39, 0.29) is 0 Å². The van der Waals surface area contributed by atoms with Gasteiger partial charge in [0.2, 0.25) is 0 Å². The Balaban J connectivity index is 4.17. The minimum absolute atomic E-state index is 0.647. The summed E-state index contributed by atoms with van der Waals surface area (Å²) in [5.41, 5.74) is 0. The van der Waals surface area contributed by atoms with Crippen molar-refractivity contribution in [2.24, 2.45) is 17.8 Å². The second-order valence-electron chi connectivity index (χ2n) is 5.47. The van der Waals surface area contributed by atoms with Gasteiger partial charge in [0.1, 0.15) is 0 Å². The van der Waals surface area contributed by atoms with E-state index in [4.69, 9.17) is 0 Å². The van der Waals surface area contributed by atoms with Crippen molar-refractivity contribution in [1.29, 1.82) is 0 Å². The molecule has 0 spiro atoms. The highest BCUT2D eigenvalue weighted by atomic mass is 15.1. The largest absolute Gasteiger partial charge is 0.305 e. The quantitative estimate of drug-likeness (QED) is 0.468. The Hall–Kier alpha value is -0.0800. The summed E-state index contributed by atoms with van der Waals surface area (Å²) in [6.45, 7) is 15.8. The van der Waals surface area contributed by atoms with Gasteiger partial charge >= 0.3 is 0 Å². The summed E-state index contributed by atoms with van der Waals surface area (Å²) >= 11 is 0. The third-order valence-electron chi connectivity index (χ3n) is 3.64. The van der Waals surface area contributed by atoms with Crippen molar-refractivity contribution >= 4 is 0 Å². The topological polar surface area (TPSA) is 24.1 Å². The van der Waals surface area contributed by atoms with Crippen LogP contribution in [0.2, 0.25) is 0 Å². The van der Waals surface area contributed by atoms with Crippen LogP contribution in [0.25, 0.3) is 0 Å². The molecule has 0 radical (unpaired) electrons. The zero-order valence-corrected chi connectivity index (χ0v) is 12.1. The van der Waals surface area contributed by atoms with Crippen molar-refractivity contribution in [3.8, 4) is 0 Å². The maximum absolute atomic E-state index is 3.66. The first kappa shape index (κ1) is 15.9. The van der Waals surface area contributed by atoms with Crippen LogP contribution in [0.1, 0.15) is 54.4 Å². The second kappa shape index (κ2) is 9.00. The van der Waals surface area contributed by atoms with Crippen LogP contribution in [0.3, 0.4) is 0 Å². The van der Waals surface area contributed by atoms with Gasteiger partial charge in [-0.15, -0.1) is 0 Å². The maximum Gasteiger partial charge on any atom is 0.0456 e. The summed E-state index contributed by atoms with van der Waals surface area (Å²) < 4.78 is 0. The van der Waals surface area contributed by atoms with Crippen LogP contribution in [0, 0.1) is 17.8 Å². The van der Waals surface area contributed by atoms with E-state index >= 15 is 0 Å². The predicted octanol–water partition coefficient (Wildman–Crippen LogP) is 3.24. The molecule has 3 atom stereocenters. The fourth-order valence-corrected chi connectivity index (χ4v) is 2.09. The standard InChI is InChI=1S/C14H32N2/c1-7-12(5)13(6)14(9-11(3)4)16-10-15-8-2/h11-16H,7-10H2,1-6H3. The first-order chi connectivity index (χ1) is 7.52. The molecule has 0 saturated carbocycles. The molecule has 0 aliphatic rings. The zero-order chi connectivity index (χ0) is 12.6. The van der Waals surface area contributed by atoms with Crippen LogP contribution >= 0.6 is 0 Å². The molecule has 0 aromatic heterocycles. The van der Waals surface area contributed by atoms with E-state index in [2.05, 4.69) is 52.2 Å². The third-order valence-corrected chi connectivity index (χ3v) is 3.64. The molecule has 16 heavy (non-hydrogen) atoms. The van der Waals surface area contributed by atoms with Gasteiger partial charge in [0.25, 0.3) is 0 Å². The van der Waals surface area contributed by atoms with Gasteiger partial charge in [-0.1, -0.05) is 48.0 Å². The number of nitrogens with one attached hydrogen (secondary N) is 2. The molecule has 2 N–H and O–H groups in total. The smallest absolute Gasteiger partial charge is 0.0456 e. The Morgan fingerprint density at radius 3 is 2.06 bits per heavy atom. The van der Waals surface area contributed by atoms with Gasteiger partial charge in [-0.25, -0.2) is 0 Å². The molecule has 0 saturated heterocycles. The van der Waals surface area contributed by atoms with Crippen LogP contribution in [0.4, 0.5) is 0 Å². The van der Waals surface area contributed by atoms with E-state index in [0.717, 1.165) is 31.0 Å². The van der Waals surface area contributed by atoms with Crippen molar-refractivity contribution < 1.29 is 0 Å². The van der Waals surface area contributed by atoms with Gasteiger partial charge in [0.15, 0.2) is 0 Å². The second-order valence-corrected chi connectivity index (χ2v) is 5.47. The van der Waals surface area contributed by atoms with Gasteiger partial charge < -0.3 is 10.6 Å². The van der Waals surface area contributed by atoms with E-state index in [0.29, 0.717) is 6.04 Å². The highest BCUT2D eigenvalue weighted by molar-refractivity contribution is 4.77. The molecule has 0 aromatic carbocycles. The molecule has 0 aromatic rings. The monoisotopic (exact) mass is 228 g/mol. The van der Waals surface area contributed by atoms with Gasteiger partial charge in [-0.05, 0) is 30.7 Å². The van der Waals surface area contributed by atoms with Crippen molar-refractivity contribution in [2.45, 2.75) is 60.4 Å². The molecule has 3 unspecified atom stereocenters. The van der Waals surface area contributed by atoms with E-state index in [9.17, 15) is 0 Å². The van der Waals surface area contributed by atoms with E-state index in [1.165, 1.54) is 12.8 Å². The lowest BCUT2D eigenvalue weighted by Gasteiger charge is -2.30. The predicted molar refractivity (Wildman–Crippen MR) is 73.5 cm³/mol. The molecule has 2 nitrogen and oxygen atoms in total. The number of hydrogen-bond acceptors (Lipinski definition) is 2. The van der Waals surface area contributed by atoms with Crippen molar-refractivity contribution in [3.63, 3.8) is 0 Å². The van der Waals surface area contributed by atoms with Gasteiger partial charge in [-0.3, -0.25) is 0 Å². The zero-order valence-electron chi connectivity index (χ0n) is 12.1. The fraction of sp³-hybridized carbons (Fsp3) is 1.00. The summed E-state index contributed by atoms with van der Waals surface area (Å²) in [5, 5.41) is 7.01. The van der Waals surface area contributed by atoms with E-state index in [1.807, 2.05) is 0 Å². The van der Waals surface area contributed by atoms with Gasteiger partial charge in [-0.2, -0.15) is 0 Å². The summed E-state index contributed by atoms with van der Waals surface area (Å²) in [5.74, 6) is 2.33. The average Bonchev–Trinajstić information content (AvgIpc) is 2.25. The SMILES string of the molecule is CCNCNC(CC(C)C)C(C)C(C)CC. The normalized spacial score (nSPS) is 17.4. The summed E-state index contributed by atoms with van der Waals surface area (Å²) in [4.78, 5) is 0. The summed E-state index contributed by atoms with van der Waals surface area (Å²) in [7, 11) is 0. The van der Waals surface area contributed by atoms with Crippen molar-refractivity contribution in [3.05, 3.63) is 0 Å². The highest BCUT2D eigenvalue weighted by Gasteiger charge is 2.21. The first-order valence-electron chi connectivity index (χ1n) is 6.96. The lowest BCUT2D eigenvalue weighted by atomic mass is 9.83. The minimum Gasteiger partial charge on any atom is -0.305 e. The minimum atomic E-state index is 0.647. The summed E-state index contributed by atoms with van der Waals surface area (Å²) in [6, 6.07) is 0.647. The van der Waals surface area contributed by atoms with Gasteiger partial charge in [0.05, 0.1) is 0 Å². The first-order valence-corrected chi connectivity index (χ1v) is 6.96.